The molecular weight excluding hydrogens is 268 g/mol. The zero-order valence-electron chi connectivity index (χ0n) is 11.9. The number of aryl methyl sites for hydroxylation is 1. The molecule has 0 N–H and O–H groups in total. The molecule has 0 radical (unpaired) electrons. The summed E-state index contributed by atoms with van der Waals surface area (Å²) in [5.74, 6) is 1.01. The van der Waals surface area contributed by atoms with Crippen LogP contribution in [0, 0.1) is 0 Å². The molecule has 1 heterocycles. The maximum atomic E-state index is 6.71. The minimum atomic E-state index is -0.0904. The first-order valence-electron chi connectivity index (χ1n) is 7.20. The Morgan fingerprint density at radius 2 is 2.05 bits per heavy atom. The van der Waals surface area contributed by atoms with Crippen LogP contribution in [0.2, 0.25) is 0 Å². The van der Waals surface area contributed by atoms with Gasteiger partial charge in [-0.3, -0.25) is 0 Å². The Morgan fingerprint density at radius 1 is 1.25 bits per heavy atom. The normalized spacial score (nSPS) is 18.4. The first kappa shape index (κ1) is 13.5. The first-order valence-corrected chi connectivity index (χ1v) is 7.64. The van der Waals surface area contributed by atoms with Crippen LogP contribution in [0.3, 0.4) is 0 Å². The van der Waals surface area contributed by atoms with Crippen LogP contribution in [0.1, 0.15) is 41.5 Å². The third-order valence-corrected chi connectivity index (χ3v) is 4.41. The van der Waals surface area contributed by atoms with Crippen molar-refractivity contribution in [1.82, 2.24) is 0 Å². The summed E-state index contributed by atoms with van der Waals surface area (Å²) in [5, 5.41) is -0.0904. The zero-order valence-corrected chi connectivity index (χ0v) is 12.7. The maximum absolute atomic E-state index is 6.71. The molecule has 1 nitrogen and oxygen atoms in total. The molecule has 0 fully saturated rings. The van der Waals surface area contributed by atoms with Crippen molar-refractivity contribution >= 4 is 11.6 Å². The van der Waals surface area contributed by atoms with Gasteiger partial charge in [0.2, 0.25) is 0 Å². The van der Waals surface area contributed by atoms with Crippen LogP contribution in [0.5, 0.6) is 5.75 Å². The van der Waals surface area contributed by atoms with Crippen molar-refractivity contribution in [2.24, 2.45) is 0 Å². The van der Waals surface area contributed by atoms with Crippen molar-refractivity contribution in [2.45, 2.75) is 38.2 Å². The number of rotatable bonds is 3. The summed E-state index contributed by atoms with van der Waals surface area (Å²) in [6, 6.07) is 14.8. The Balaban J connectivity index is 1.95. The van der Waals surface area contributed by atoms with Gasteiger partial charge in [0.25, 0.3) is 0 Å². The molecule has 2 aromatic carbocycles. The SMILES string of the molecule is CCc1ccccc1C(Cl)c1ccc2c(c1)CC(C)O2. The van der Waals surface area contributed by atoms with Gasteiger partial charge >= 0.3 is 0 Å². The van der Waals surface area contributed by atoms with Gasteiger partial charge in [-0.25, -0.2) is 0 Å². The number of hydrogen-bond acceptors (Lipinski definition) is 1. The lowest BCUT2D eigenvalue weighted by Crippen LogP contribution is -2.05. The molecule has 0 aliphatic carbocycles. The Bertz CT molecular complexity index is 621. The van der Waals surface area contributed by atoms with E-state index in [1.165, 1.54) is 16.7 Å². The molecule has 0 saturated carbocycles. The van der Waals surface area contributed by atoms with Crippen LogP contribution in [0.25, 0.3) is 0 Å². The Morgan fingerprint density at radius 3 is 2.85 bits per heavy atom. The molecule has 1 aliphatic rings. The summed E-state index contributed by atoms with van der Waals surface area (Å²) in [5.41, 5.74) is 4.96. The lowest BCUT2D eigenvalue weighted by Gasteiger charge is -2.15. The van der Waals surface area contributed by atoms with Gasteiger partial charge in [-0.15, -0.1) is 11.6 Å². The van der Waals surface area contributed by atoms with Crippen molar-refractivity contribution < 1.29 is 4.74 Å². The van der Waals surface area contributed by atoms with Gasteiger partial charge in [-0.2, -0.15) is 0 Å². The highest BCUT2D eigenvalue weighted by Crippen LogP contribution is 2.36. The quantitative estimate of drug-likeness (QED) is 0.729. The van der Waals surface area contributed by atoms with E-state index in [9.17, 15) is 0 Å². The van der Waals surface area contributed by atoms with E-state index in [0.29, 0.717) is 0 Å². The second kappa shape index (κ2) is 5.49. The van der Waals surface area contributed by atoms with Crippen LogP contribution in [-0.4, -0.2) is 6.10 Å². The predicted octanol–water partition coefficient (Wildman–Crippen LogP) is 4.90. The van der Waals surface area contributed by atoms with Crippen molar-refractivity contribution in [3.63, 3.8) is 0 Å². The molecule has 0 amide bonds. The maximum Gasteiger partial charge on any atom is 0.123 e. The number of alkyl halides is 1. The van der Waals surface area contributed by atoms with E-state index in [4.69, 9.17) is 16.3 Å². The van der Waals surface area contributed by atoms with Gasteiger partial charge in [0.05, 0.1) is 5.38 Å². The molecule has 2 atom stereocenters. The van der Waals surface area contributed by atoms with Gasteiger partial charge in [-0.05, 0) is 41.7 Å². The van der Waals surface area contributed by atoms with E-state index in [-0.39, 0.29) is 11.5 Å². The second-order valence-corrected chi connectivity index (χ2v) is 5.85. The average Bonchev–Trinajstić information content (AvgIpc) is 2.85. The molecule has 1 aliphatic heterocycles. The van der Waals surface area contributed by atoms with E-state index in [1.807, 2.05) is 0 Å². The van der Waals surface area contributed by atoms with Crippen LogP contribution in [0.4, 0.5) is 0 Å². The fourth-order valence-electron chi connectivity index (χ4n) is 2.88. The Labute approximate surface area is 125 Å². The van der Waals surface area contributed by atoms with E-state index >= 15 is 0 Å². The number of hydrogen-bond donors (Lipinski definition) is 0. The summed E-state index contributed by atoms with van der Waals surface area (Å²) in [7, 11) is 0. The summed E-state index contributed by atoms with van der Waals surface area (Å²) < 4.78 is 5.75. The van der Waals surface area contributed by atoms with Crippen molar-refractivity contribution in [2.75, 3.05) is 0 Å². The highest BCUT2D eigenvalue weighted by Gasteiger charge is 2.21. The van der Waals surface area contributed by atoms with E-state index in [1.54, 1.807) is 0 Å². The van der Waals surface area contributed by atoms with E-state index < -0.39 is 0 Å². The van der Waals surface area contributed by atoms with Gasteiger partial charge < -0.3 is 4.74 Å². The Hall–Kier alpha value is -1.47. The number of halogens is 1. The van der Waals surface area contributed by atoms with Crippen LogP contribution >= 0.6 is 11.6 Å². The fraction of sp³-hybridized carbons (Fsp3) is 0.333. The summed E-state index contributed by atoms with van der Waals surface area (Å²) >= 11 is 6.71. The minimum Gasteiger partial charge on any atom is -0.490 e. The molecule has 104 valence electrons. The van der Waals surface area contributed by atoms with Gasteiger partial charge in [0, 0.05) is 6.42 Å². The molecular formula is C18H19ClO. The summed E-state index contributed by atoms with van der Waals surface area (Å²) in [4.78, 5) is 0. The van der Waals surface area contributed by atoms with Crippen LogP contribution in [0.15, 0.2) is 42.5 Å². The van der Waals surface area contributed by atoms with E-state index in [0.717, 1.165) is 24.2 Å². The largest absolute Gasteiger partial charge is 0.490 e. The van der Waals surface area contributed by atoms with Crippen molar-refractivity contribution in [1.29, 1.82) is 0 Å². The van der Waals surface area contributed by atoms with Gasteiger partial charge in [0.15, 0.2) is 0 Å². The van der Waals surface area contributed by atoms with Gasteiger partial charge in [0.1, 0.15) is 11.9 Å². The average molecular weight is 287 g/mol. The third-order valence-electron chi connectivity index (χ3n) is 3.92. The van der Waals surface area contributed by atoms with Crippen molar-refractivity contribution in [3.05, 3.63) is 64.7 Å². The first-order chi connectivity index (χ1) is 9.69. The molecule has 0 spiro atoms. The fourth-order valence-corrected chi connectivity index (χ4v) is 3.23. The molecule has 0 bridgehead atoms. The smallest absolute Gasteiger partial charge is 0.123 e. The monoisotopic (exact) mass is 286 g/mol. The van der Waals surface area contributed by atoms with Crippen LogP contribution < -0.4 is 4.74 Å². The molecule has 0 aromatic heterocycles. The summed E-state index contributed by atoms with van der Waals surface area (Å²) in [6.07, 6.45) is 2.25. The highest BCUT2D eigenvalue weighted by molar-refractivity contribution is 6.22. The molecule has 2 aromatic rings. The highest BCUT2D eigenvalue weighted by atomic mass is 35.5. The second-order valence-electron chi connectivity index (χ2n) is 5.41. The predicted molar refractivity (Wildman–Crippen MR) is 83.8 cm³/mol. The molecule has 0 saturated heterocycles. The standard InChI is InChI=1S/C18H19ClO/c1-3-13-6-4-5-7-16(13)18(19)14-8-9-17-15(11-14)10-12(2)20-17/h4-9,11-12,18H,3,10H2,1-2H3. The molecule has 3 rings (SSSR count). The summed E-state index contributed by atoms with van der Waals surface area (Å²) in [6.45, 7) is 4.27. The Kier molecular flexibility index (Phi) is 3.71. The zero-order chi connectivity index (χ0) is 14.1. The number of ether oxygens (including phenoxy) is 1. The lowest BCUT2D eigenvalue weighted by molar-refractivity contribution is 0.254. The topological polar surface area (TPSA) is 9.23 Å². The van der Waals surface area contributed by atoms with Crippen LogP contribution in [-0.2, 0) is 12.8 Å². The lowest BCUT2D eigenvalue weighted by atomic mass is 9.96. The van der Waals surface area contributed by atoms with E-state index in [2.05, 4.69) is 56.3 Å². The molecule has 20 heavy (non-hydrogen) atoms. The number of benzene rings is 2. The third kappa shape index (κ3) is 2.43. The number of fused-ring (bicyclic) bond motifs is 1. The van der Waals surface area contributed by atoms with Gasteiger partial charge in [-0.1, -0.05) is 43.3 Å². The minimum absolute atomic E-state index is 0.0904. The molecule has 2 unspecified atom stereocenters. The van der Waals surface area contributed by atoms with Crippen molar-refractivity contribution in [3.8, 4) is 5.75 Å². The molecule has 2 heteroatoms.